The number of oxime groups is 1. The first-order valence-electron chi connectivity index (χ1n) is 7.44. The van der Waals surface area contributed by atoms with Gasteiger partial charge in [-0.3, -0.25) is 0 Å². The van der Waals surface area contributed by atoms with Gasteiger partial charge in [-0.25, -0.2) is 26.7 Å². The number of hydrogen-bond donors (Lipinski definition) is 0. The summed E-state index contributed by atoms with van der Waals surface area (Å²) in [7, 11) is 1.53. The molecule has 26 heavy (non-hydrogen) atoms. The van der Waals surface area contributed by atoms with Crippen LogP contribution in [0.15, 0.2) is 29.1 Å². The van der Waals surface area contributed by atoms with Crippen LogP contribution in [0.2, 0.25) is 0 Å². The molecule has 0 heterocycles. The summed E-state index contributed by atoms with van der Waals surface area (Å²) >= 11 is 0. The Balaban J connectivity index is 2.08. The van der Waals surface area contributed by atoms with Gasteiger partial charge in [0.2, 0.25) is 5.82 Å². The van der Waals surface area contributed by atoms with Gasteiger partial charge in [-0.05, 0) is 37.8 Å². The maximum Gasteiger partial charge on any atom is 0.371 e. The Morgan fingerprint density at radius 1 is 1.12 bits per heavy atom. The van der Waals surface area contributed by atoms with E-state index in [4.69, 9.17) is 4.74 Å². The van der Waals surface area contributed by atoms with E-state index in [1.807, 2.05) is 12.2 Å². The second-order valence-corrected chi connectivity index (χ2v) is 5.52. The van der Waals surface area contributed by atoms with Crippen LogP contribution >= 0.6 is 0 Å². The number of benzene rings is 1. The fourth-order valence-corrected chi connectivity index (χ4v) is 2.31. The first kappa shape index (κ1) is 19.6. The highest BCUT2D eigenvalue weighted by Crippen LogP contribution is 2.24. The third kappa shape index (κ3) is 4.09. The fourth-order valence-electron chi connectivity index (χ4n) is 2.31. The van der Waals surface area contributed by atoms with Gasteiger partial charge >= 0.3 is 5.97 Å². The molecule has 0 spiro atoms. The molecule has 0 bridgehead atoms. The highest BCUT2D eigenvalue weighted by Gasteiger charge is 2.31. The average Bonchev–Trinajstić information content (AvgIpc) is 2.64. The molecule has 1 aromatic carbocycles. The van der Waals surface area contributed by atoms with Crippen molar-refractivity contribution in [2.45, 2.75) is 19.8 Å². The van der Waals surface area contributed by atoms with E-state index in [0.717, 1.165) is 0 Å². The topological polar surface area (TPSA) is 47.9 Å². The molecule has 0 N–H and O–H groups in total. The summed E-state index contributed by atoms with van der Waals surface area (Å²) in [4.78, 5) is 16.0. The number of halogens is 5. The number of carbonyl (C=O) groups excluding carboxylic acids is 1. The zero-order chi connectivity index (χ0) is 19.4. The molecule has 0 radical (unpaired) electrons. The molecule has 0 amide bonds. The fraction of sp³-hybridized carbons (Fsp3) is 0.294. The van der Waals surface area contributed by atoms with Crippen molar-refractivity contribution in [3.05, 3.63) is 58.6 Å². The van der Waals surface area contributed by atoms with Crippen LogP contribution in [0.4, 0.5) is 22.0 Å². The molecule has 0 unspecified atom stereocenters. The molecule has 1 aromatic rings. The number of allylic oxidation sites excluding steroid dienone is 3. The third-order valence-corrected chi connectivity index (χ3v) is 3.65. The highest BCUT2D eigenvalue weighted by atomic mass is 19.2. The van der Waals surface area contributed by atoms with Crippen LogP contribution in [0.1, 0.15) is 30.1 Å². The van der Waals surface area contributed by atoms with Crippen molar-refractivity contribution in [1.82, 2.24) is 0 Å². The lowest BCUT2D eigenvalue weighted by molar-refractivity contribution is 0.0499. The van der Waals surface area contributed by atoms with E-state index in [2.05, 4.69) is 9.99 Å². The first-order chi connectivity index (χ1) is 12.3. The molecule has 0 fully saturated rings. The van der Waals surface area contributed by atoms with Gasteiger partial charge in [0.25, 0.3) is 0 Å². The number of hydrogen-bond acceptors (Lipinski definition) is 4. The Morgan fingerprint density at radius 3 is 2.19 bits per heavy atom. The molecular formula is C17H14F5NO3. The lowest BCUT2D eigenvalue weighted by atomic mass is 9.95. The minimum atomic E-state index is -2.36. The largest absolute Gasteiger partial charge is 0.497 e. The van der Waals surface area contributed by atoms with Gasteiger partial charge in [0.05, 0.1) is 12.8 Å². The monoisotopic (exact) mass is 375 g/mol. The smallest absolute Gasteiger partial charge is 0.371 e. The predicted molar refractivity (Wildman–Crippen MR) is 81.7 cm³/mol. The Hall–Kier alpha value is -2.71. The van der Waals surface area contributed by atoms with Crippen LogP contribution in [0.3, 0.4) is 0 Å². The number of methoxy groups -OCH3 is 1. The van der Waals surface area contributed by atoms with Crippen molar-refractivity contribution in [3.8, 4) is 0 Å². The minimum absolute atomic E-state index is 0.0329. The van der Waals surface area contributed by atoms with E-state index >= 15 is 0 Å². The van der Waals surface area contributed by atoms with Crippen molar-refractivity contribution in [1.29, 1.82) is 0 Å². The normalized spacial score (nSPS) is 17.1. The average molecular weight is 375 g/mol. The Labute approximate surface area is 145 Å². The van der Waals surface area contributed by atoms with Crippen molar-refractivity contribution in [2.75, 3.05) is 7.11 Å². The molecule has 1 aliphatic carbocycles. The molecule has 2 rings (SSSR count). The summed E-state index contributed by atoms with van der Waals surface area (Å²) in [5.74, 6) is -12.4. The van der Waals surface area contributed by atoms with E-state index in [1.165, 1.54) is 14.0 Å². The van der Waals surface area contributed by atoms with E-state index < -0.39 is 40.6 Å². The maximum atomic E-state index is 13.5. The Bertz CT molecular complexity index is 788. The van der Waals surface area contributed by atoms with Gasteiger partial charge in [0, 0.05) is 0 Å². The summed E-state index contributed by atoms with van der Waals surface area (Å²) in [5.41, 5.74) is -1.39. The van der Waals surface area contributed by atoms with Crippen molar-refractivity contribution in [3.63, 3.8) is 0 Å². The van der Waals surface area contributed by atoms with Crippen LogP contribution in [-0.2, 0) is 9.57 Å². The lowest BCUT2D eigenvalue weighted by Crippen LogP contribution is -2.14. The zero-order valence-electron chi connectivity index (χ0n) is 13.8. The number of ether oxygens (including phenoxy) is 1. The number of nitrogens with zero attached hydrogens (tertiary/aromatic N) is 1. The van der Waals surface area contributed by atoms with Gasteiger partial charge in [-0.1, -0.05) is 11.2 Å². The van der Waals surface area contributed by atoms with Crippen molar-refractivity contribution >= 4 is 11.7 Å². The molecule has 0 saturated carbocycles. The quantitative estimate of drug-likeness (QED) is 0.191. The third-order valence-electron chi connectivity index (χ3n) is 3.65. The standard InChI is InChI=1S/C17H14F5NO3/c1-8(7-9-3-5-10(25-2)6-4-9)23-26-17(24)11-12(18)14(20)16(22)15(21)13(11)19/h3,5-6,9H,4,7H2,1-2H3/b23-8+/t9-/m1/s1. The summed E-state index contributed by atoms with van der Waals surface area (Å²) in [6, 6.07) is 0. The summed E-state index contributed by atoms with van der Waals surface area (Å²) < 4.78 is 71.3. The maximum absolute atomic E-state index is 13.5. The van der Waals surface area contributed by atoms with E-state index in [9.17, 15) is 26.7 Å². The van der Waals surface area contributed by atoms with E-state index in [1.54, 1.807) is 6.08 Å². The second-order valence-electron chi connectivity index (χ2n) is 5.52. The van der Waals surface area contributed by atoms with Crippen LogP contribution in [0.25, 0.3) is 0 Å². The molecule has 4 nitrogen and oxygen atoms in total. The van der Waals surface area contributed by atoms with Gasteiger partial charge in [-0.2, -0.15) is 0 Å². The summed E-state index contributed by atoms with van der Waals surface area (Å²) in [6.07, 6.45) is 6.44. The zero-order valence-corrected chi connectivity index (χ0v) is 13.8. The molecule has 140 valence electrons. The number of carbonyl (C=O) groups is 1. The van der Waals surface area contributed by atoms with Crippen LogP contribution in [-0.4, -0.2) is 18.8 Å². The summed E-state index contributed by atoms with van der Waals surface area (Å²) in [5, 5.41) is 3.41. The van der Waals surface area contributed by atoms with Gasteiger partial charge < -0.3 is 9.57 Å². The Morgan fingerprint density at radius 2 is 1.69 bits per heavy atom. The Kier molecular flexibility index (Phi) is 6.12. The molecule has 1 atom stereocenters. The van der Waals surface area contributed by atoms with E-state index in [0.29, 0.717) is 24.3 Å². The van der Waals surface area contributed by atoms with E-state index in [-0.39, 0.29) is 5.92 Å². The predicted octanol–water partition coefficient (Wildman–Crippen LogP) is 4.41. The molecule has 0 aromatic heterocycles. The van der Waals surface area contributed by atoms with Crippen molar-refractivity contribution in [2.24, 2.45) is 11.1 Å². The van der Waals surface area contributed by atoms with Crippen LogP contribution in [0, 0.1) is 35.0 Å². The lowest BCUT2D eigenvalue weighted by Gasteiger charge is -2.15. The second kappa shape index (κ2) is 8.11. The van der Waals surface area contributed by atoms with Gasteiger partial charge in [0.1, 0.15) is 11.3 Å². The van der Waals surface area contributed by atoms with Crippen LogP contribution < -0.4 is 0 Å². The molecular weight excluding hydrogens is 361 g/mol. The SMILES string of the molecule is COC1=CC[C@H](C/C(C)=N/OC(=O)c2c(F)c(F)c(F)c(F)c2F)C=C1. The molecule has 0 saturated heterocycles. The van der Waals surface area contributed by atoms with Gasteiger partial charge in [-0.15, -0.1) is 0 Å². The summed E-state index contributed by atoms with van der Waals surface area (Å²) in [6.45, 7) is 1.50. The first-order valence-corrected chi connectivity index (χ1v) is 7.44. The van der Waals surface area contributed by atoms with Crippen molar-refractivity contribution < 1.29 is 36.3 Å². The molecule has 0 aliphatic heterocycles. The highest BCUT2D eigenvalue weighted by molar-refractivity contribution is 5.91. The molecule has 1 aliphatic rings. The minimum Gasteiger partial charge on any atom is -0.497 e. The molecule has 9 heteroatoms. The number of rotatable bonds is 5. The van der Waals surface area contributed by atoms with Gasteiger partial charge in [0.15, 0.2) is 23.3 Å². The van der Waals surface area contributed by atoms with Crippen LogP contribution in [0.5, 0.6) is 0 Å².